The van der Waals surface area contributed by atoms with Gasteiger partial charge in [-0.1, -0.05) is 5.21 Å². The second-order valence-electron chi connectivity index (χ2n) is 9.02. The van der Waals surface area contributed by atoms with Gasteiger partial charge in [0.25, 0.3) is 0 Å². The van der Waals surface area contributed by atoms with Gasteiger partial charge in [-0.05, 0) is 37.3 Å². The van der Waals surface area contributed by atoms with E-state index >= 15 is 0 Å². The molecule has 0 unspecified atom stereocenters. The predicted octanol–water partition coefficient (Wildman–Crippen LogP) is 2.26. The highest BCUT2D eigenvalue weighted by atomic mass is 32.1. The van der Waals surface area contributed by atoms with Crippen molar-refractivity contribution in [2.45, 2.75) is 37.4 Å². The Balaban J connectivity index is 1.39. The van der Waals surface area contributed by atoms with Gasteiger partial charge in [0.1, 0.15) is 42.0 Å². The molecular formula is C24H20F3N7O4S. The van der Waals surface area contributed by atoms with Crippen LogP contribution in [0.3, 0.4) is 0 Å². The first-order chi connectivity index (χ1) is 18.7. The highest BCUT2D eigenvalue weighted by Crippen LogP contribution is 2.39. The lowest BCUT2D eigenvalue weighted by Gasteiger charge is -2.41. The third-order valence-corrected chi connectivity index (χ3v) is 7.33. The molecular weight excluding hydrogens is 539 g/mol. The maximum atomic E-state index is 13.8. The number of hydrogen-bond acceptors (Lipinski definition) is 10. The summed E-state index contributed by atoms with van der Waals surface area (Å²) in [7, 11) is 0. The Morgan fingerprint density at radius 2 is 1.85 bits per heavy atom. The van der Waals surface area contributed by atoms with Crippen LogP contribution in [0.4, 0.5) is 13.2 Å². The third-order valence-electron chi connectivity index (χ3n) is 6.54. The summed E-state index contributed by atoms with van der Waals surface area (Å²) in [5, 5.41) is 44.6. The Hall–Kier alpha value is -3.76. The van der Waals surface area contributed by atoms with Crippen LogP contribution in [0.1, 0.15) is 23.8 Å². The van der Waals surface area contributed by atoms with Gasteiger partial charge in [-0.2, -0.15) is 5.10 Å². The molecule has 4 heterocycles. The maximum Gasteiger partial charge on any atom is 0.194 e. The van der Waals surface area contributed by atoms with Crippen molar-refractivity contribution in [1.82, 2.24) is 34.7 Å². The van der Waals surface area contributed by atoms with Gasteiger partial charge in [-0.25, -0.2) is 32.5 Å². The average Bonchev–Trinajstić information content (AvgIpc) is 3.67. The van der Waals surface area contributed by atoms with E-state index in [4.69, 9.17) is 4.74 Å². The fourth-order valence-electron chi connectivity index (χ4n) is 4.67. The molecule has 0 amide bonds. The molecule has 2 aromatic carbocycles. The minimum absolute atomic E-state index is 0.0346. The minimum Gasteiger partial charge on any atom is -0.394 e. The van der Waals surface area contributed by atoms with Crippen LogP contribution in [0.15, 0.2) is 42.0 Å². The van der Waals surface area contributed by atoms with Gasteiger partial charge in [0, 0.05) is 5.56 Å². The fourth-order valence-corrected chi connectivity index (χ4v) is 5.38. The molecule has 1 aliphatic rings. The van der Waals surface area contributed by atoms with E-state index in [-0.39, 0.29) is 17.1 Å². The van der Waals surface area contributed by atoms with Gasteiger partial charge in [-0.15, -0.1) is 16.4 Å². The SMILES string of the molecule is Cc1nc([C@@H]2O[C@H](CO)[C@H](O)[C@H](n3cc(-c4cc(F)c(F)c(F)c4)nn3)[C@H]2O)n(-c2ccc3ncsc3c2)n1. The molecule has 5 atom stereocenters. The molecule has 39 heavy (non-hydrogen) atoms. The highest BCUT2D eigenvalue weighted by molar-refractivity contribution is 7.16. The number of hydrogen-bond donors (Lipinski definition) is 3. The van der Waals surface area contributed by atoms with Crippen LogP contribution in [-0.2, 0) is 4.74 Å². The monoisotopic (exact) mass is 559 g/mol. The van der Waals surface area contributed by atoms with Crippen molar-refractivity contribution in [2.75, 3.05) is 6.61 Å². The summed E-state index contributed by atoms with van der Waals surface area (Å²) in [6.07, 6.45) is -4.03. The molecule has 202 valence electrons. The van der Waals surface area contributed by atoms with Crippen LogP contribution >= 0.6 is 11.3 Å². The number of aliphatic hydroxyl groups is 3. The zero-order valence-electron chi connectivity index (χ0n) is 20.1. The number of aliphatic hydroxyl groups excluding tert-OH is 3. The molecule has 15 heteroatoms. The molecule has 6 rings (SSSR count). The van der Waals surface area contributed by atoms with E-state index in [1.165, 1.54) is 22.2 Å². The van der Waals surface area contributed by atoms with Crippen LogP contribution in [0.2, 0.25) is 0 Å². The van der Waals surface area contributed by atoms with E-state index in [1.807, 2.05) is 12.1 Å². The van der Waals surface area contributed by atoms with Crippen molar-refractivity contribution in [3.63, 3.8) is 0 Å². The van der Waals surface area contributed by atoms with Crippen molar-refractivity contribution in [1.29, 1.82) is 0 Å². The average molecular weight is 560 g/mol. The number of fused-ring (bicyclic) bond motifs is 1. The number of aromatic nitrogens is 7. The highest BCUT2D eigenvalue weighted by Gasteiger charge is 2.48. The molecule has 0 aliphatic carbocycles. The molecule has 3 aromatic heterocycles. The fraction of sp³-hybridized carbons (Fsp3) is 0.292. The smallest absolute Gasteiger partial charge is 0.194 e. The normalized spacial score (nSPS) is 23.5. The predicted molar refractivity (Wildman–Crippen MR) is 130 cm³/mol. The number of nitrogens with zero attached hydrogens (tertiary/aromatic N) is 7. The molecule has 0 spiro atoms. The van der Waals surface area contributed by atoms with Crippen LogP contribution < -0.4 is 0 Å². The summed E-state index contributed by atoms with van der Waals surface area (Å²) in [6, 6.07) is 5.77. The zero-order chi connectivity index (χ0) is 27.4. The van der Waals surface area contributed by atoms with Crippen LogP contribution in [-0.4, -0.2) is 75.0 Å². The van der Waals surface area contributed by atoms with Gasteiger partial charge in [0.15, 0.2) is 23.3 Å². The van der Waals surface area contributed by atoms with Crippen molar-refractivity contribution in [3.05, 3.63) is 71.1 Å². The third kappa shape index (κ3) is 4.37. The molecule has 3 N–H and O–H groups in total. The Bertz CT molecular complexity index is 1650. The molecule has 0 bridgehead atoms. The van der Waals surface area contributed by atoms with Crippen LogP contribution in [0.25, 0.3) is 27.2 Å². The first kappa shape index (κ1) is 25.5. The van der Waals surface area contributed by atoms with Crippen LogP contribution in [0, 0.1) is 24.4 Å². The number of aryl methyl sites for hydroxylation is 1. The summed E-state index contributed by atoms with van der Waals surface area (Å²) < 4.78 is 50.4. The van der Waals surface area contributed by atoms with E-state index in [0.717, 1.165) is 27.0 Å². The molecule has 11 nitrogen and oxygen atoms in total. The standard InChI is InChI=1S/C24H20F3N7O4S/c1-10-29-24(34(31-10)12-2-3-15-18(6-12)39-9-28-15)23-22(37)20(21(36)17(8-35)38-23)33-7-16(30-32-33)11-4-13(25)19(27)14(26)5-11/h2-7,9,17,20-23,35-37H,8H2,1H3/t17-,20+,21+,22-,23-/m1/s1. The van der Waals surface area contributed by atoms with Crippen molar-refractivity contribution < 1.29 is 33.2 Å². The quantitative estimate of drug-likeness (QED) is 0.276. The van der Waals surface area contributed by atoms with E-state index < -0.39 is 54.5 Å². The van der Waals surface area contributed by atoms with E-state index in [2.05, 4.69) is 25.4 Å². The minimum atomic E-state index is -1.62. The summed E-state index contributed by atoms with van der Waals surface area (Å²) >= 11 is 1.44. The van der Waals surface area contributed by atoms with Gasteiger partial charge in [-0.3, -0.25) is 0 Å². The Kier molecular flexibility index (Phi) is 6.39. The Morgan fingerprint density at radius 3 is 2.59 bits per heavy atom. The molecule has 1 aliphatic heterocycles. The number of thiazole rings is 1. The number of ether oxygens (including phenoxy) is 1. The molecule has 1 saturated heterocycles. The Morgan fingerprint density at radius 1 is 1.08 bits per heavy atom. The summed E-state index contributed by atoms with van der Waals surface area (Å²) in [6.45, 7) is 1.07. The number of halogens is 3. The van der Waals surface area contributed by atoms with Crippen molar-refractivity contribution >= 4 is 21.6 Å². The first-order valence-electron chi connectivity index (χ1n) is 11.7. The van der Waals surface area contributed by atoms with Gasteiger partial charge in [0.05, 0.1) is 34.2 Å². The molecule has 0 radical (unpaired) electrons. The van der Waals surface area contributed by atoms with E-state index in [1.54, 1.807) is 18.5 Å². The summed E-state index contributed by atoms with van der Waals surface area (Å²) in [5.74, 6) is -3.84. The largest absolute Gasteiger partial charge is 0.394 e. The van der Waals surface area contributed by atoms with Crippen molar-refractivity contribution in [2.24, 2.45) is 0 Å². The first-order valence-corrected chi connectivity index (χ1v) is 12.6. The topological polar surface area (TPSA) is 144 Å². The Labute approximate surface area is 221 Å². The second-order valence-corrected chi connectivity index (χ2v) is 9.91. The van der Waals surface area contributed by atoms with Gasteiger partial charge < -0.3 is 20.1 Å². The van der Waals surface area contributed by atoms with Gasteiger partial charge >= 0.3 is 0 Å². The van der Waals surface area contributed by atoms with E-state index in [0.29, 0.717) is 11.5 Å². The molecule has 1 fully saturated rings. The molecule has 0 saturated carbocycles. The zero-order valence-corrected chi connectivity index (χ0v) is 20.9. The number of rotatable bonds is 5. The van der Waals surface area contributed by atoms with Crippen LogP contribution in [0.5, 0.6) is 0 Å². The van der Waals surface area contributed by atoms with E-state index in [9.17, 15) is 28.5 Å². The number of benzene rings is 2. The second kappa shape index (κ2) is 9.77. The lowest BCUT2D eigenvalue weighted by molar-refractivity contribution is -0.210. The lowest BCUT2D eigenvalue weighted by Crippen LogP contribution is -2.53. The summed E-state index contributed by atoms with van der Waals surface area (Å²) in [5.41, 5.74) is 3.02. The van der Waals surface area contributed by atoms with Gasteiger partial charge in [0.2, 0.25) is 0 Å². The van der Waals surface area contributed by atoms with Crippen molar-refractivity contribution in [3.8, 4) is 16.9 Å². The molecule has 5 aromatic rings. The summed E-state index contributed by atoms with van der Waals surface area (Å²) in [4.78, 5) is 8.73. The maximum absolute atomic E-state index is 13.8. The lowest BCUT2D eigenvalue weighted by atomic mass is 9.92.